The van der Waals surface area contributed by atoms with Gasteiger partial charge in [0.1, 0.15) is 23.5 Å². The van der Waals surface area contributed by atoms with E-state index in [0.29, 0.717) is 11.7 Å². The van der Waals surface area contributed by atoms with E-state index in [1.165, 1.54) is 18.4 Å². The number of pyridine rings is 2. The normalized spacial score (nSPS) is 16.3. The highest BCUT2D eigenvalue weighted by atomic mass is 15.3. The summed E-state index contributed by atoms with van der Waals surface area (Å²) >= 11 is 0. The molecular weight excluding hydrogens is 474 g/mol. The summed E-state index contributed by atoms with van der Waals surface area (Å²) in [6.07, 6.45) is 7.53. The smallest absolute Gasteiger partial charge is 0.165 e. The van der Waals surface area contributed by atoms with Gasteiger partial charge >= 0.3 is 0 Å². The first-order valence-electron chi connectivity index (χ1n) is 13.2. The van der Waals surface area contributed by atoms with E-state index in [1.807, 2.05) is 18.2 Å². The first-order chi connectivity index (χ1) is 18.7. The van der Waals surface area contributed by atoms with Crippen molar-refractivity contribution in [3.05, 3.63) is 84.6 Å². The molecule has 7 rings (SSSR count). The Balaban J connectivity index is 1.16. The number of hydrogen-bond acceptors (Lipinski definition) is 8. The molecular formula is C29H29N9. The number of nitrogen functional groups attached to an aromatic ring is 1. The van der Waals surface area contributed by atoms with Crippen LogP contribution in [0.5, 0.6) is 0 Å². The van der Waals surface area contributed by atoms with Crippen molar-refractivity contribution in [1.82, 2.24) is 34.4 Å². The van der Waals surface area contributed by atoms with Crippen LogP contribution in [0.4, 0.5) is 11.6 Å². The second-order valence-corrected chi connectivity index (χ2v) is 10.1. The van der Waals surface area contributed by atoms with Crippen molar-refractivity contribution in [1.29, 1.82) is 0 Å². The van der Waals surface area contributed by atoms with Gasteiger partial charge in [-0.05, 0) is 60.9 Å². The Morgan fingerprint density at radius 3 is 2.42 bits per heavy atom. The van der Waals surface area contributed by atoms with Crippen LogP contribution in [0, 0.1) is 0 Å². The number of fused-ring (bicyclic) bond motifs is 1. The van der Waals surface area contributed by atoms with Crippen LogP contribution in [0.1, 0.15) is 30.0 Å². The molecule has 0 spiro atoms. The molecule has 1 aliphatic carbocycles. The van der Waals surface area contributed by atoms with Crippen LogP contribution in [0.2, 0.25) is 0 Å². The maximum Gasteiger partial charge on any atom is 0.165 e. The highest BCUT2D eigenvalue weighted by Crippen LogP contribution is 2.40. The van der Waals surface area contributed by atoms with E-state index in [2.05, 4.69) is 65.7 Å². The zero-order valence-corrected chi connectivity index (χ0v) is 21.1. The molecule has 0 atom stereocenters. The molecule has 0 unspecified atom stereocenters. The molecule has 2 fully saturated rings. The SMILES string of the molecule is Nc1ncccc1-c1nc2ccc(C3CC3)nc2n1-c1ccc(CN2CCN(c3ccncn3)CC2)cc1. The van der Waals surface area contributed by atoms with Gasteiger partial charge in [-0.15, -0.1) is 0 Å². The topological polar surface area (TPSA) is 102 Å². The third kappa shape index (κ3) is 4.35. The van der Waals surface area contributed by atoms with Gasteiger partial charge < -0.3 is 10.6 Å². The zero-order valence-electron chi connectivity index (χ0n) is 21.1. The molecule has 1 saturated heterocycles. The van der Waals surface area contributed by atoms with Crippen molar-refractivity contribution in [3.63, 3.8) is 0 Å². The second kappa shape index (κ2) is 9.50. The van der Waals surface area contributed by atoms with Gasteiger partial charge in [0, 0.05) is 62.4 Å². The minimum Gasteiger partial charge on any atom is -0.383 e. The fraction of sp³-hybridized carbons (Fsp3) is 0.276. The monoisotopic (exact) mass is 503 g/mol. The number of benzene rings is 1. The van der Waals surface area contributed by atoms with Crippen LogP contribution in [-0.2, 0) is 6.54 Å². The molecule has 0 bridgehead atoms. The lowest BCUT2D eigenvalue weighted by Crippen LogP contribution is -2.46. The molecule has 1 aromatic carbocycles. The standard InChI is InChI=1S/C29H29N9/c30-27-23(2-1-12-32-27)28-35-25-10-9-24(21-5-6-21)34-29(25)38(28)22-7-3-20(4-8-22)18-36-14-16-37(17-15-36)26-11-13-31-19-33-26/h1-4,7-13,19,21H,5-6,14-18H2,(H2,30,32). The number of piperazine rings is 1. The van der Waals surface area contributed by atoms with Crippen LogP contribution in [0.25, 0.3) is 28.2 Å². The summed E-state index contributed by atoms with van der Waals surface area (Å²) in [5.41, 5.74) is 12.3. The third-order valence-electron chi connectivity index (χ3n) is 7.46. The molecule has 5 aromatic rings. The number of nitrogens with zero attached hydrogens (tertiary/aromatic N) is 8. The summed E-state index contributed by atoms with van der Waals surface area (Å²) in [5.74, 6) is 2.79. The fourth-order valence-electron chi connectivity index (χ4n) is 5.22. The van der Waals surface area contributed by atoms with Gasteiger partial charge in [-0.3, -0.25) is 9.47 Å². The molecule has 0 amide bonds. The third-order valence-corrected chi connectivity index (χ3v) is 7.46. The number of hydrogen-bond donors (Lipinski definition) is 1. The van der Waals surface area contributed by atoms with E-state index < -0.39 is 0 Å². The van der Waals surface area contributed by atoms with Gasteiger partial charge in [0.15, 0.2) is 11.5 Å². The average Bonchev–Trinajstić information content (AvgIpc) is 3.75. The number of nitrogens with two attached hydrogens (primary N) is 1. The van der Waals surface area contributed by atoms with Gasteiger partial charge in [-0.2, -0.15) is 0 Å². The van der Waals surface area contributed by atoms with Crippen LogP contribution in [-0.4, -0.2) is 60.6 Å². The Morgan fingerprint density at radius 2 is 1.68 bits per heavy atom. The van der Waals surface area contributed by atoms with Gasteiger partial charge in [0.2, 0.25) is 0 Å². The molecule has 2 aliphatic rings. The largest absolute Gasteiger partial charge is 0.383 e. The summed E-state index contributed by atoms with van der Waals surface area (Å²) in [6.45, 7) is 4.82. The Kier molecular flexibility index (Phi) is 5.70. The van der Waals surface area contributed by atoms with Crippen molar-refractivity contribution in [2.24, 2.45) is 0 Å². The van der Waals surface area contributed by atoms with E-state index >= 15 is 0 Å². The summed E-state index contributed by atoms with van der Waals surface area (Å²) in [5, 5.41) is 0. The van der Waals surface area contributed by atoms with Crippen molar-refractivity contribution in [2.75, 3.05) is 36.8 Å². The van der Waals surface area contributed by atoms with Crippen LogP contribution in [0.3, 0.4) is 0 Å². The predicted octanol–water partition coefficient (Wildman–Crippen LogP) is 4.05. The van der Waals surface area contributed by atoms with Crippen molar-refractivity contribution >= 4 is 22.8 Å². The minimum absolute atomic E-state index is 0.462. The molecule has 190 valence electrons. The van der Waals surface area contributed by atoms with Crippen molar-refractivity contribution in [2.45, 2.75) is 25.3 Å². The number of anilines is 2. The molecule has 38 heavy (non-hydrogen) atoms. The molecule has 5 heterocycles. The Bertz CT molecular complexity index is 1570. The van der Waals surface area contributed by atoms with Gasteiger partial charge in [0.05, 0.1) is 5.56 Å². The Labute approximate surface area is 221 Å². The average molecular weight is 504 g/mol. The predicted molar refractivity (Wildman–Crippen MR) is 148 cm³/mol. The van der Waals surface area contributed by atoms with E-state index in [-0.39, 0.29) is 0 Å². The highest BCUT2D eigenvalue weighted by Gasteiger charge is 2.27. The van der Waals surface area contributed by atoms with E-state index in [1.54, 1.807) is 18.7 Å². The maximum atomic E-state index is 6.28. The number of aromatic nitrogens is 6. The van der Waals surface area contributed by atoms with Gasteiger partial charge in [-0.25, -0.2) is 24.9 Å². The quantitative estimate of drug-likeness (QED) is 0.370. The first kappa shape index (κ1) is 22.8. The van der Waals surface area contributed by atoms with E-state index in [9.17, 15) is 0 Å². The molecule has 9 heteroatoms. The highest BCUT2D eigenvalue weighted by molar-refractivity contribution is 5.83. The lowest BCUT2D eigenvalue weighted by Gasteiger charge is -2.35. The second-order valence-electron chi connectivity index (χ2n) is 10.1. The summed E-state index contributed by atoms with van der Waals surface area (Å²) in [4.78, 5) is 27.5. The summed E-state index contributed by atoms with van der Waals surface area (Å²) in [7, 11) is 0. The lowest BCUT2D eigenvalue weighted by atomic mass is 10.1. The Morgan fingerprint density at radius 1 is 0.842 bits per heavy atom. The first-order valence-corrected chi connectivity index (χ1v) is 13.2. The molecule has 2 N–H and O–H groups in total. The summed E-state index contributed by atoms with van der Waals surface area (Å²) in [6, 6.07) is 18.8. The molecule has 9 nitrogen and oxygen atoms in total. The zero-order chi connectivity index (χ0) is 25.5. The molecule has 1 aliphatic heterocycles. The number of imidazole rings is 1. The molecule has 0 radical (unpaired) electrons. The molecule has 1 saturated carbocycles. The Hall–Kier alpha value is -4.37. The fourth-order valence-corrected chi connectivity index (χ4v) is 5.22. The minimum atomic E-state index is 0.462. The van der Waals surface area contributed by atoms with Gasteiger partial charge in [-0.1, -0.05) is 12.1 Å². The lowest BCUT2D eigenvalue weighted by molar-refractivity contribution is 0.249. The maximum absolute atomic E-state index is 6.28. The van der Waals surface area contributed by atoms with Crippen molar-refractivity contribution in [3.8, 4) is 17.1 Å². The van der Waals surface area contributed by atoms with E-state index in [4.69, 9.17) is 15.7 Å². The van der Waals surface area contributed by atoms with Crippen molar-refractivity contribution < 1.29 is 0 Å². The van der Waals surface area contributed by atoms with E-state index in [0.717, 1.165) is 72.5 Å². The van der Waals surface area contributed by atoms with Crippen LogP contribution in [0.15, 0.2) is 73.3 Å². The number of rotatable bonds is 6. The van der Waals surface area contributed by atoms with Crippen LogP contribution >= 0.6 is 0 Å². The van der Waals surface area contributed by atoms with Crippen LogP contribution < -0.4 is 10.6 Å². The van der Waals surface area contributed by atoms with Gasteiger partial charge in [0.25, 0.3) is 0 Å². The summed E-state index contributed by atoms with van der Waals surface area (Å²) < 4.78 is 2.12. The molecule has 4 aromatic heterocycles.